The molecule has 1 heterocycles. The third-order valence-corrected chi connectivity index (χ3v) is 3.94. The smallest absolute Gasteiger partial charge is 0.0636 e. The Morgan fingerprint density at radius 2 is 2.31 bits per heavy atom. The predicted molar refractivity (Wildman–Crippen MR) is 59.2 cm³/mol. The number of hydrogen-bond acceptors (Lipinski definition) is 3. The fraction of sp³-hybridized carbons (Fsp3) is 1.00. The summed E-state index contributed by atoms with van der Waals surface area (Å²) in [6.45, 7) is 7.18. The van der Waals surface area contributed by atoms with Crippen LogP contribution in [0.25, 0.3) is 0 Å². The van der Waals surface area contributed by atoms with Crippen molar-refractivity contribution in [2.24, 2.45) is 5.41 Å². The summed E-state index contributed by atoms with van der Waals surface area (Å²) in [5.74, 6) is 2.45. The molecular weight excluding hydrogens is 182 g/mol. The van der Waals surface area contributed by atoms with Crippen LogP contribution in [0.2, 0.25) is 0 Å². The molecule has 0 aromatic heterocycles. The van der Waals surface area contributed by atoms with Crippen molar-refractivity contribution >= 4 is 11.8 Å². The maximum absolute atomic E-state index is 9.14. The molecule has 1 saturated heterocycles. The van der Waals surface area contributed by atoms with E-state index in [0.29, 0.717) is 11.5 Å². The maximum atomic E-state index is 9.14. The summed E-state index contributed by atoms with van der Waals surface area (Å²) >= 11 is 2.02. The van der Waals surface area contributed by atoms with E-state index in [-0.39, 0.29) is 6.10 Å². The highest BCUT2D eigenvalue weighted by Crippen LogP contribution is 2.33. The van der Waals surface area contributed by atoms with Gasteiger partial charge in [0.2, 0.25) is 0 Å². The first kappa shape index (κ1) is 11.3. The molecule has 1 aliphatic rings. The van der Waals surface area contributed by atoms with Crippen LogP contribution in [0.1, 0.15) is 27.2 Å². The highest BCUT2D eigenvalue weighted by molar-refractivity contribution is 7.99. The van der Waals surface area contributed by atoms with Gasteiger partial charge in [0, 0.05) is 18.3 Å². The molecule has 1 aliphatic heterocycles. The van der Waals surface area contributed by atoms with E-state index in [4.69, 9.17) is 5.11 Å². The number of nitrogens with one attached hydrogen (secondary N) is 1. The molecule has 0 aromatic carbocycles. The summed E-state index contributed by atoms with van der Waals surface area (Å²) < 4.78 is 0. The third kappa shape index (κ3) is 4.34. The standard InChI is InChI=1S/C10H21NOS/c1-8(12)5-11-9-4-10(2,3)7-13-6-9/h8-9,11-12H,4-7H2,1-3H3/t8-,9?/m1/s1. The Morgan fingerprint density at radius 3 is 2.85 bits per heavy atom. The number of hydrogen-bond donors (Lipinski definition) is 2. The number of rotatable bonds is 3. The SMILES string of the molecule is C[C@@H](O)CNC1CSCC(C)(C)C1. The van der Waals surface area contributed by atoms with Gasteiger partial charge in [0.05, 0.1) is 6.10 Å². The lowest BCUT2D eigenvalue weighted by molar-refractivity contribution is 0.181. The monoisotopic (exact) mass is 203 g/mol. The van der Waals surface area contributed by atoms with Crippen molar-refractivity contribution in [1.29, 1.82) is 0 Å². The Morgan fingerprint density at radius 1 is 1.62 bits per heavy atom. The molecule has 1 unspecified atom stereocenters. The van der Waals surface area contributed by atoms with Crippen molar-refractivity contribution in [3.63, 3.8) is 0 Å². The van der Waals surface area contributed by atoms with Gasteiger partial charge in [-0.2, -0.15) is 11.8 Å². The van der Waals surface area contributed by atoms with E-state index in [2.05, 4.69) is 19.2 Å². The summed E-state index contributed by atoms with van der Waals surface area (Å²) in [7, 11) is 0. The van der Waals surface area contributed by atoms with Crippen molar-refractivity contribution in [3.05, 3.63) is 0 Å². The quantitative estimate of drug-likeness (QED) is 0.729. The van der Waals surface area contributed by atoms with E-state index in [9.17, 15) is 0 Å². The van der Waals surface area contributed by atoms with Gasteiger partial charge in [-0.25, -0.2) is 0 Å². The van der Waals surface area contributed by atoms with Gasteiger partial charge in [0.15, 0.2) is 0 Å². The van der Waals surface area contributed by atoms with Gasteiger partial charge in [0.1, 0.15) is 0 Å². The Balaban J connectivity index is 2.26. The molecular formula is C10H21NOS. The van der Waals surface area contributed by atoms with Gasteiger partial charge in [-0.1, -0.05) is 13.8 Å². The van der Waals surface area contributed by atoms with Crippen LogP contribution in [0.5, 0.6) is 0 Å². The van der Waals surface area contributed by atoms with Crippen molar-refractivity contribution in [3.8, 4) is 0 Å². The zero-order valence-electron chi connectivity index (χ0n) is 8.84. The molecule has 1 rings (SSSR count). The second-order valence-electron chi connectivity index (χ2n) is 4.84. The van der Waals surface area contributed by atoms with Gasteiger partial charge in [-0.3, -0.25) is 0 Å². The largest absolute Gasteiger partial charge is 0.392 e. The third-order valence-electron chi connectivity index (χ3n) is 2.31. The van der Waals surface area contributed by atoms with Crippen molar-refractivity contribution in [2.75, 3.05) is 18.1 Å². The van der Waals surface area contributed by atoms with E-state index >= 15 is 0 Å². The molecule has 0 radical (unpaired) electrons. The normalized spacial score (nSPS) is 30.0. The highest BCUT2D eigenvalue weighted by atomic mass is 32.2. The van der Waals surface area contributed by atoms with Crippen LogP contribution in [-0.2, 0) is 0 Å². The van der Waals surface area contributed by atoms with Crippen molar-refractivity contribution < 1.29 is 5.11 Å². The first-order chi connectivity index (χ1) is 5.99. The van der Waals surface area contributed by atoms with Crippen LogP contribution in [0.3, 0.4) is 0 Å². The lowest BCUT2D eigenvalue weighted by Gasteiger charge is -2.35. The van der Waals surface area contributed by atoms with E-state index in [0.717, 1.165) is 6.54 Å². The van der Waals surface area contributed by atoms with Crippen LogP contribution < -0.4 is 5.32 Å². The van der Waals surface area contributed by atoms with E-state index < -0.39 is 0 Å². The minimum Gasteiger partial charge on any atom is -0.392 e. The lowest BCUT2D eigenvalue weighted by atomic mass is 9.88. The van der Waals surface area contributed by atoms with Gasteiger partial charge < -0.3 is 10.4 Å². The Kier molecular flexibility index (Phi) is 4.07. The van der Waals surface area contributed by atoms with Crippen molar-refractivity contribution in [2.45, 2.75) is 39.3 Å². The zero-order chi connectivity index (χ0) is 9.90. The average molecular weight is 203 g/mol. The van der Waals surface area contributed by atoms with Crippen LogP contribution in [-0.4, -0.2) is 35.3 Å². The summed E-state index contributed by atoms with van der Waals surface area (Å²) in [5, 5.41) is 12.5. The molecule has 2 N–H and O–H groups in total. The highest BCUT2D eigenvalue weighted by Gasteiger charge is 2.27. The molecule has 3 heteroatoms. The lowest BCUT2D eigenvalue weighted by Crippen LogP contribution is -2.42. The average Bonchev–Trinajstić information content (AvgIpc) is 1.99. The molecule has 1 fully saturated rings. The second-order valence-corrected chi connectivity index (χ2v) is 5.87. The first-order valence-corrected chi connectivity index (χ1v) is 6.14. The second kappa shape index (κ2) is 4.67. The summed E-state index contributed by atoms with van der Waals surface area (Å²) in [6, 6.07) is 0.586. The molecule has 13 heavy (non-hydrogen) atoms. The summed E-state index contributed by atoms with van der Waals surface area (Å²) in [5.41, 5.74) is 0.458. The molecule has 0 bridgehead atoms. The maximum Gasteiger partial charge on any atom is 0.0636 e. The number of thioether (sulfide) groups is 1. The van der Waals surface area contributed by atoms with Gasteiger partial charge >= 0.3 is 0 Å². The van der Waals surface area contributed by atoms with Crippen LogP contribution >= 0.6 is 11.8 Å². The Labute approximate surface area is 85.5 Å². The van der Waals surface area contributed by atoms with E-state index in [1.54, 1.807) is 0 Å². The first-order valence-electron chi connectivity index (χ1n) is 4.99. The topological polar surface area (TPSA) is 32.3 Å². The van der Waals surface area contributed by atoms with Crippen LogP contribution in [0.15, 0.2) is 0 Å². The fourth-order valence-electron chi connectivity index (χ4n) is 1.73. The number of aliphatic hydroxyl groups excluding tert-OH is 1. The molecule has 2 atom stereocenters. The van der Waals surface area contributed by atoms with Gasteiger partial charge in [-0.05, 0) is 24.5 Å². The molecule has 0 aromatic rings. The molecule has 0 aliphatic carbocycles. The van der Waals surface area contributed by atoms with E-state index in [1.807, 2.05) is 18.7 Å². The van der Waals surface area contributed by atoms with Gasteiger partial charge in [0.25, 0.3) is 0 Å². The Bertz CT molecular complexity index is 159. The minimum atomic E-state index is -0.227. The molecule has 0 amide bonds. The molecule has 2 nitrogen and oxygen atoms in total. The van der Waals surface area contributed by atoms with Crippen LogP contribution in [0, 0.1) is 5.41 Å². The predicted octanol–water partition coefficient (Wildman–Crippen LogP) is 1.49. The number of aliphatic hydroxyl groups is 1. The summed E-state index contributed by atoms with van der Waals surface area (Å²) in [4.78, 5) is 0. The summed E-state index contributed by atoms with van der Waals surface area (Å²) in [6.07, 6.45) is 1.00. The zero-order valence-corrected chi connectivity index (χ0v) is 9.66. The Hall–Kier alpha value is 0.270. The minimum absolute atomic E-state index is 0.227. The molecule has 0 spiro atoms. The fourth-order valence-corrected chi connectivity index (χ4v) is 3.04. The molecule has 0 saturated carbocycles. The van der Waals surface area contributed by atoms with Crippen LogP contribution in [0.4, 0.5) is 0 Å². The molecule has 78 valence electrons. The van der Waals surface area contributed by atoms with Gasteiger partial charge in [-0.15, -0.1) is 0 Å². The van der Waals surface area contributed by atoms with Crippen molar-refractivity contribution in [1.82, 2.24) is 5.32 Å². The van der Waals surface area contributed by atoms with E-state index in [1.165, 1.54) is 17.9 Å².